The second-order valence-electron chi connectivity index (χ2n) is 10.4. The van der Waals surface area contributed by atoms with Crippen LogP contribution in [0.15, 0.2) is 84.9 Å². The van der Waals surface area contributed by atoms with Gasteiger partial charge in [-0.1, -0.05) is 42.5 Å². The van der Waals surface area contributed by atoms with Crippen molar-refractivity contribution in [3.63, 3.8) is 0 Å². The average Bonchev–Trinajstić information content (AvgIpc) is 3.58. The number of piperazine rings is 1. The molecule has 5 aromatic rings. The number of fused-ring (bicyclic) bond motifs is 2. The van der Waals surface area contributed by atoms with Gasteiger partial charge in [0.15, 0.2) is 0 Å². The smallest absolute Gasteiger partial charge is 0.264 e. The van der Waals surface area contributed by atoms with Crippen LogP contribution in [0.2, 0.25) is 0 Å². The Hall–Kier alpha value is -4.10. The van der Waals surface area contributed by atoms with Crippen molar-refractivity contribution in [3.05, 3.63) is 100 Å². The molecular formula is C32H31N5OS. The summed E-state index contributed by atoms with van der Waals surface area (Å²) in [6.07, 6.45) is 0.964. The van der Waals surface area contributed by atoms with Crippen LogP contribution in [0.4, 0.5) is 11.4 Å². The van der Waals surface area contributed by atoms with Crippen LogP contribution in [0.3, 0.4) is 0 Å². The molecular weight excluding hydrogens is 502 g/mol. The fraction of sp³-hybridized carbons (Fsp3) is 0.250. The van der Waals surface area contributed by atoms with E-state index in [0.29, 0.717) is 0 Å². The van der Waals surface area contributed by atoms with Gasteiger partial charge in [0.1, 0.15) is 5.82 Å². The molecule has 2 aliphatic rings. The maximum Gasteiger partial charge on any atom is 0.264 e. The lowest BCUT2D eigenvalue weighted by molar-refractivity contribution is 0.0751. The molecule has 39 heavy (non-hydrogen) atoms. The minimum atomic E-state index is 0.178. The maximum absolute atomic E-state index is 13.4. The molecule has 1 amide bonds. The summed E-state index contributed by atoms with van der Waals surface area (Å²) in [5.41, 5.74) is 6.98. The van der Waals surface area contributed by atoms with Gasteiger partial charge >= 0.3 is 0 Å². The molecule has 2 aromatic heterocycles. The van der Waals surface area contributed by atoms with E-state index in [9.17, 15) is 4.79 Å². The standard InChI is InChI=1S/C32H31N5OS/c1-34-28-13-6-5-12-27(28)33-31(34)23-8-7-11-26(20-23)37-15-14-29-24(22-37)21-30(39-29)32(38)36-18-16-35(17-19-36)25-9-3-2-4-10-25/h2-13,20-21H,14-19,22H2,1H3. The quantitative estimate of drug-likeness (QED) is 0.292. The van der Waals surface area contributed by atoms with Crippen molar-refractivity contribution in [1.82, 2.24) is 14.5 Å². The van der Waals surface area contributed by atoms with Crippen LogP contribution < -0.4 is 9.80 Å². The topological polar surface area (TPSA) is 44.6 Å². The Labute approximate surface area is 232 Å². The second-order valence-corrected chi connectivity index (χ2v) is 11.5. The number of hydrogen-bond donors (Lipinski definition) is 0. The molecule has 0 saturated carbocycles. The molecule has 0 N–H and O–H groups in total. The number of carbonyl (C=O) groups excluding carboxylic acids is 1. The van der Waals surface area contributed by atoms with E-state index in [1.165, 1.54) is 21.8 Å². The molecule has 1 fully saturated rings. The normalized spacial score (nSPS) is 15.6. The SMILES string of the molecule is Cn1c(-c2cccc(N3CCc4sc(C(=O)N5CCN(c6ccccc6)CC5)cc4C3)c2)nc2ccccc21. The van der Waals surface area contributed by atoms with Crippen LogP contribution in [-0.2, 0) is 20.0 Å². The van der Waals surface area contributed by atoms with Crippen molar-refractivity contribution in [3.8, 4) is 11.4 Å². The van der Waals surface area contributed by atoms with Gasteiger partial charge in [0, 0.05) is 68.1 Å². The lowest BCUT2D eigenvalue weighted by Crippen LogP contribution is -2.48. The van der Waals surface area contributed by atoms with Gasteiger partial charge in [0.05, 0.1) is 15.9 Å². The van der Waals surface area contributed by atoms with Gasteiger partial charge in [-0.3, -0.25) is 4.79 Å². The maximum atomic E-state index is 13.4. The molecule has 2 aliphatic heterocycles. The Morgan fingerprint density at radius 1 is 0.795 bits per heavy atom. The minimum absolute atomic E-state index is 0.178. The first-order valence-corrected chi connectivity index (χ1v) is 14.4. The summed E-state index contributed by atoms with van der Waals surface area (Å²) in [5.74, 6) is 1.16. The number of anilines is 2. The molecule has 0 unspecified atom stereocenters. The number of aromatic nitrogens is 2. The van der Waals surface area contributed by atoms with E-state index in [4.69, 9.17) is 4.98 Å². The zero-order valence-corrected chi connectivity index (χ0v) is 22.9. The Bertz CT molecular complexity index is 1650. The predicted octanol–water partition coefficient (Wildman–Crippen LogP) is 5.83. The highest BCUT2D eigenvalue weighted by atomic mass is 32.1. The van der Waals surface area contributed by atoms with Crippen molar-refractivity contribution in [2.45, 2.75) is 13.0 Å². The lowest BCUT2D eigenvalue weighted by Gasteiger charge is -2.36. The lowest BCUT2D eigenvalue weighted by atomic mass is 10.1. The molecule has 1 saturated heterocycles. The first kappa shape index (κ1) is 24.0. The second kappa shape index (κ2) is 9.89. The Kier molecular flexibility index (Phi) is 6.08. The van der Waals surface area contributed by atoms with E-state index in [0.717, 1.165) is 73.0 Å². The summed E-state index contributed by atoms with van der Waals surface area (Å²) in [5, 5.41) is 0. The van der Waals surface area contributed by atoms with Gasteiger partial charge in [-0.25, -0.2) is 4.98 Å². The summed E-state index contributed by atoms with van der Waals surface area (Å²) < 4.78 is 2.17. The summed E-state index contributed by atoms with van der Waals surface area (Å²) in [7, 11) is 2.08. The average molecular weight is 534 g/mol. The van der Waals surface area contributed by atoms with Gasteiger partial charge in [0.2, 0.25) is 0 Å². The van der Waals surface area contributed by atoms with Crippen molar-refractivity contribution >= 4 is 39.7 Å². The number of para-hydroxylation sites is 3. The number of nitrogens with zero attached hydrogens (tertiary/aromatic N) is 5. The monoisotopic (exact) mass is 533 g/mol. The van der Waals surface area contributed by atoms with E-state index in [1.54, 1.807) is 11.3 Å². The third kappa shape index (κ3) is 4.46. The van der Waals surface area contributed by atoms with Gasteiger partial charge < -0.3 is 19.3 Å². The van der Waals surface area contributed by atoms with E-state index >= 15 is 0 Å². The van der Waals surface area contributed by atoms with E-state index in [2.05, 4.69) is 94.2 Å². The van der Waals surface area contributed by atoms with Crippen LogP contribution in [0.25, 0.3) is 22.4 Å². The third-order valence-corrected chi connectivity index (χ3v) is 9.25. The zero-order valence-electron chi connectivity index (χ0n) is 22.1. The van der Waals surface area contributed by atoms with Crippen molar-refractivity contribution in [1.29, 1.82) is 0 Å². The highest BCUT2D eigenvalue weighted by molar-refractivity contribution is 7.14. The van der Waals surface area contributed by atoms with Crippen LogP contribution in [0.5, 0.6) is 0 Å². The molecule has 3 aromatic carbocycles. The molecule has 7 heteroatoms. The number of amides is 1. The Balaban J connectivity index is 1.06. The van der Waals surface area contributed by atoms with E-state index < -0.39 is 0 Å². The van der Waals surface area contributed by atoms with Gasteiger partial charge in [0.25, 0.3) is 5.91 Å². The van der Waals surface area contributed by atoms with Gasteiger partial charge in [-0.15, -0.1) is 11.3 Å². The van der Waals surface area contributed by atoms with Crippen LogP contribution >= 0.6 is 11.3 Å². The largest absolute Gasteiger partial charge is 0.368 e. The van der Waals surface area contributed by atoms with Crippen molar-refractivity contribution in [2.24, 2.45) is 7.05 Å². The molecule has 0 aliphatic carbocycles. The summed E-state index contributed by atoms with van der Waals surface area (Å²) in [4.78, 5) is 27.3. The molecule has 0 spiro atoms. The fourth-order valence-corrected chi connectivity index (χ4v) is 7.00. The van der Waals surface area contributed by atoms with Crippen molar-refractivity contribution in [2.75, 3.05) is 42.5 Å². The van der Waals surface area contributed by atoms with E-state index in [-0.39, 0.29) is 5.91 Å². The minimum Gasteiger partial charge on any atom is -0.368 e. The highest BCUT2D eigenvalue weighted by Crippen LogP contribution is 2.33. The van der Waals surface area contributed by atoms with Gasteiger partial charge in [-0.2, -0.15) is 0 Å². The molecule has 6 nitrogen and oxygen atoms in total. The fourth-order valence-electron chi connectivity index (χ4n) is 5.87. The van der Waals surface area contributed by atoms with Crippen LogP contribution in [0, 0.1) is 0 Å². The first-order valence-electron chi connectivity index (χ1n) is 13.6. The Morgan fingerprint density at radius 3 is 2.38 bits per heavy atom. The van der Waals surface area contributed by atoms with E-state index in [1.807, 2.05) is 17.0 Å². The van der Waals surface area contributed by atoms with Gasteiger partial charge in [-0.05, 0) is 54.4 Å². The van der Waals surface area contributed by atoms with Crippen LogP contribution in [0.1, 0.15) is 20.1 Å². The van der Waals surface area contributed by atoms with Crippen LogP contribution in [-0.4, -0.2) is 53.1 Å². The number of hydrogen-bond acceptors (Lipinski definition) is 5. The van der Waals surface area contributed by atoms with Crippen molar-refractivity contribution < 1.29 is 4.79 Å². The molecule has 0 atom stereocenters. The highest BCUT2D eigenvalue weighted by Gasteiger charge is 2.27. The first-order chi connectivity index (χ1) is 19.1. The number of benzene rings is 3. The molecule has 0 radical (unpaired) electrons. The summed E-state index contributed by atoms with van der Waals surface area (Å²) in [6.45, 7) is 5.04. The number of carbonyl (C=O) groups is 1. The number of thiophene rings is 1. The summed E-state index contributed by atoms with van der Waals surface area (Å²) >= 11 is 1.69. The molecule has 196 valence electrons. The number of imidazole rings is 1. The summed E-state index contributed by atoms with van der Waals surface area (Å²) in [6, 6.07) is 29.6. The number of rotatable bonds is 4. The number of aryl methyl sites for hydroxylation is 1. The predicted molar refractivity (Wildman–Crippen MR) is 160 cm³/mol. The zero-order chi connectivity index (χ0) is 26.3. The molecule has 0 bridgehead atoms. The third-order valence-electron chi connectivity index (χ3n) is 8.02. The Morgan fingerprint density at radius 2 is 1.56 bits per heavy atom. The molecule has 4 heterocycles. The molecule has 7 rings (SSSR count).